The van der Waals surface area contributed by atoms with E-state index in [0.717, 1.165) is 5.69 Å². The van der Waals surface area contributed by atoms with Gasteiger partial charge in [0.15, 0.2) is 5.78 Å². The number of methoxy groups -OCH3 is 1. The third-order valence-electron chi connectivity index (χ3n) is 1.57. The zero-order valence-corrected chi connectivity index (χ0v) is 7.62. The van der Waals surface area contributed by atoms with Gasteiger partial charge in [0.1, 0.15) is 6.61 Å². The zero-order valence-electron chi connectivity index (χ0n) is 7.62. The number of Topliss-reactive ketones (excluding diaryl/α,β-unsaturated/α-hetero) is 1. The lowest BCUT2D eigenvalue weighted by atomic mass is 10.3. The second-order valence-electron chi connectivity index (χ2n) is 2.69. The summed E-state index contributed by atoms with van der Waals surface area (Å²) >= 11 is 0. The Hall–Kier alpha value is -1.35. The van der Waals surface area contributed by atoms with Gasteiger partial charge in [0.05, 0.1) is 6.54 Å². The molecule has 0 saturated heterocycles. The Morgan fingerprint density at radius 3 is 2.69 bits per heavy atom. The first-order valence-electron chi connectivity index (χ1n) is 4.12. The van der Waals surface area contributed by atoms with E-state index in [2.05, 4.69) is 5.32 Å². The van der Waals surface area contributed by atoms with E-state index < -0.39 is 0 Å². The summed E-state index contributed by atoms with van der Waals surface area (Å²) in [6.07, 6.45) is 0. The lowest BCUT2D eigenvalue weighted by molar-refractivity contribution is -0.120. The van der Waals surface area contributed by atoms with Gasteiger partial charge in [0.2, 0.25) is 0 Å². The molecule has 1 aromatic rings. The van der Waals surface area contributed by atoms with Gasteiger partial charge >= 0.3 is 0 Å². The van der Waals surface area contributed by atoms with Gasteiger partial charge < -0.3 is 10.1 Å². The number of anilines is 1. The van der Waals surface area contributed by atoms with Gasteiger partial charge in [-0.2, -0.15) is 0 Å². The molecule has 0 spiro atoms. The Morgan fingerprint density at radius 2 is 2.08 bits per heavy atom. The van der Waals surface area contributed by atoms with Crippen LogP contribution in [0.5, 0.6) is 0 Å². The number of nitrogens with one attached hydrogen (secondary N) is 1. The fourth-order valence-corrected chi connectivity index (χ4v) is 0.969. The molecule has 0 fully saturated rings. The van der Waals surface area contributed by atoms with Crippen molar-refractivity contribution >= 4 is 11.5 Å². The van der Waals surface area contributed by atoms with Crippen molar-refractivity contribution in [3.05, 3.63) is 30.3 Å². The van der Waals surface area contributed by atoms with Crippen LogP contribution in [0.15, 0.2) is 30.3 Å². The van der Waals surface area contributed by atoms with Crippen molar-refractivity contribution in [2.45, 2.75) is 0 Å². The predicted octanol–water partition coefficient (Wildman–Crippen LogP) is 1.31. The molecule has 0 aromatic heterocycles. The number of hydrogen-bond donors (Lipinski definition) is 1. The fourth-order valence-electron chi connectivity index (χ4n) is 0.969. The maximum absolute atomic E-state index is 11.0. The number of ketones is 1. The Kier molecular flexibility index (Phi) is 3.99. The predicted molar refractivity (Wildman–Crippen MR) is 51.8 cm³/mol. The molecule has 0 aliphatic heterocycles. The molecule has 0 saturated carbocycles. The van der Waals surface area contributed by atoms with E-state index in [9.17, 15) is 4.79 Å². The first kappa shape index (κ1) is 9.74. The summed E-state index contributed by atoms with van der Waals surface area (Å²) in [5.41, 5.74) is 0.951. The standard InChI is InChI=1S/C10H13NO2/c1-13-8-10(12)7-11-9-5-3-2-4-6-9/h2-6,11H,7-8H2,1H3. The average Bonchev–Trinajstić information content (AvgIpc) is 2.17. The Morgan fingerprint density at radius 1 is 1.38 bits per heavy atom. The van der Waals surface area contributed by atoms with Gasteiger partial charge in [0, 0.05) is 12.8 Å². The fraction of sp³-hybridized carbons (Fsp3) is 0.300. The normalized spacial score (nSPS) is 9.62. The van der Waals surface area contributed by atoms with Crippen molar-refractivity contribution in [3.8, 4) is 0 Å². The van der Waals surface area contributed by atoms with Crippen molar-refractivity contribution in [2.75, 3.05) is 25.6 Å². The van der Waals surface area contributed by atoms with E-state index >= 15 is 0 Å². The van der Waals surface area contributed by atoms with Crippen molar-refractivity contribution in [1.29, 1.82) is 0 Å². The van der Waals surface area contributed by atoms with Gasteiger partial charge in [-0.1, -0.05) is 18.2 Å². The molecule has 0 aliphatic rings. The van der Waals surface area contributed by atoms with E-state index in [-0.39, 0.29) is 12.4 Å². The highest BCUT2D eigenvalue weighted by molar-refractivity contribution is 5.83. The molecule has 1 N–H and O–H groups in total. The van der Waals surface area contributed by atoms with Crippen LogP contribution in [0, 0.1) is 0 Å². The number of benzene rings is 1. The molecule has 1 aromatic carbocycles. The highest BCUT2D eigenvalue weighted by atomic mass is 16.5. The topological polar surface area (TPSA) is 38.3 Å². The summed E-state index contributed by atoms with van der Waals surface area (Å²) in [5.74, 6) is 0.0475. The smallest absolute Gasteiger partial charge is 0.177 e. The summed E-state index contributed by atoms with van der Waals surface area (Å²) in [5, 5.41) is 3.00. The maximum Gasteiger partial charge on any atom is 0.177 e. The van der Waals surface area contributed by atoms with Crippen LogP contribution in [-0.2, 0) is 9.53 Å². The van der Waals surface area contributed by atoms with Crippen LogP contribution < -0.4 is 5.32 Å². The summed E-state index contributed by atoms with van der Waals surface area (Å²) < 4.78 is 4.70. The van der Waals surface area contributed by atoms with Gasteiger partial charge in [-0.05, 0) is 12.1 Å². The molecule has 70 valence electrons. The summed E-state index contributed by atoms with van der Waals surface area (Å²) in [7, 11) is 1.51. The van der Waals surface area contributed by atoms with Crippen molar-refractivity contribution in [3.63, 3.8) is 0 Å². The number of para-hydroxylation sites is 1. The monoisotopic (exact) mass is 179 g/mol. The number of carbonyl (C=O) groups excluding carboxylic acids is 1. The molecule has 0 heterocycles. The molecule has 3 nitrogen and oxygen atoms in total. The molecule has 0 aliphatic carbocycles. The Labute approximate surface area is 77.7 Å². The summed E-state index contributed by atoms with van der Waals surface area (Å²) in [4.78, 5) is 11.0. The summed E-state index contributed by atoms with van der Waals surface area (Å²) in [6, 6.07) is 9.61. The highest BCUT2D eigenvalue weighted by Gasteiger charge is 1.99. The largest absolute Gasteiger partial charge is 0.378 e. The van der Waals surface area contributed by atoms with Crippen LogP contribution in [0.2, 0.25) is 0 Å². The highest BCUT2D eigenvalue weighted by Crippen LogP contribution is 2.03. The second-order valence-corrected chi connectivity index (χ2v) is 2.69. The average molecular weight is 179 g/mol. The number of ether oxygens (including phenoxy) is 1. The van der Waals surface area contributed by atoms with Crippen molar-refractivity contribution in [1.82, 2.24) is 0 Å². The van der Waals surface area contributed by atoms with Crippen LogP contribution in [0.25, 0.3) is 0 Å². The third kappa shape index (κ3) is 3.71. The first-order chi connectivity index (χ1) is 6.33. The molecule has 0 atom stereocenters. The minimum Gasteiger partial charge on any atom is -0.378 e. The first-order valence-corrected chi connectivity index (χ1v) is 4.12. The molecule has 13 heavy (non-hydrogen) atoms. The SMILES string of the molecule is COCC(=O)CNc1ccccc1. The maximum atomic E-state index is 11.0. The lowest BCUT2D eigenvalue weighted by Crippen LogP contribution is -2.18. The van der Waals surface area contributed by atoms with Gasteiger partial charge in [0.25, 0.3) is 0 Å². The number of rotatable bonds is 5. The summed E-state index contributed by atoms with van der Waals surface area (Å²) in [6.45, 7) is 0.484. The number of carbonyl (C=O) groups is 1. The van der Waals surface area contributed by atoms with Crippen molar-refractivity contribution < 1.29 is 9.53 Å². The van der Waals surface area contributed by atoms with Crippen LogP contribution in [0.1, 0.15) is 0 Å². The van der Waals surface area contributed by atoms with Crippen LogP contribution in [0.3, 0.4) is 0 Å². The van der Waals surface area contributed by atoms with Crippen LogP contribution in [-0.4, -0.2) is 26.0 Å². The Bertz CT molecular complexity index is 259. The minimum absolute atomic E-state index is 0.0475. The van der Waals surface area contributed by atoms with Crippen LogP contribution in [0.4, 0.5) is 5.69 Å². The van der Waals surface area contributed by atoms with E-state index in [4.69, 9.17) is 4.74 Å². The lowest BCUT2D eigenvalue weighted by Gasteiger charge is -2.03. The van der Waals surface area contributed by atoms with Crippen LogP contribution >= 0.6 is 0 Å². The van der Waals surface area contributed by atoms with E-state index in [1.807, 2.05) is 30.3 Å². The molecule has 0 unspecified atom stereocenters. The minimum atomic E-state index is 0.0475. The second kappa shape index (κ2) is 5.32. The molecular formula is C10H13NO2. The molecule has 1 rings (SSSR count). The molecule has 0 radical (unpaired) electrons. The van der Waals surface area contributed by atoms with Gasteiger partial charge in [-0.15, -0.1) is 0 Å². The zero-order chi connectivity index (χ0) is 9.52. The molecular weight excluding hydrogens is 166 g/mol. The van der Waals surface area contributed by atoms with E-state index in [1.54, 1.807) is 0 Å². The molecule has 0 amide bonds. The quantitative estimate of drug-likeness (QED) is 0.740. The molecule has 3 heteroatoms. The van der Waals surface area contributed by atoms with E-state index in [0.29, 0.717) is 6.54 Å². The van der Waals surface area contributed by atoms with E-state index in [1.165, 1.54) is 7.11 Å². The number of hydrogen-bond acceptors (Lipinski definition) is 3. The van der Waals surface area contributed by atoms with Gasteiger partial charge in [-0.3, -0.25) is 4.79 Å². The Balaban J connectivity index is 2.31. The van der Waals surface area contributed by atoms with Gasteiger partial charge in [-0.25, -0.2) is 0 Å². The third-order valence-corrected chi connectivity index (χ3v) is 1.57. The molecule has 0 bridgehead atoms. The van der Waals surface area contributed by atoms with Crippen molar-refractivity contribution in [2.24, 2.45) is 0 Å².